The van der Waals surface area contributed by atoms with Crippen LogP contribution >= 0.6 is 11.6 Å². The van der Waals surface area contributed by atoms with Crippen LogP contribution in [0.25, 0.3) is 0 Å². The van der Waals surface area contributed by atoms with E-state index in [1.54, 1.807) is 0 Å². The minimum atomic E-state index is -4.56. The first kappa shape index (κ1) is 23.7. The van der Waals surface area contributed by atoms with Gasteiger partial charge in [0.15, 0.2) is 6.61 Å². The lowest BCUT2D eigenvalue weighted by molar-refractivity contribution is -0.137. The second kappa shape index (κ2) is 10.1. The Balaban J connectivity index is 1.43. The maximum absolute atomic E-state index is 13.4. The highest BCUT2D eigenvalue weighted by Crippen LogP contribution is 2.30. The predicted molar refractivity (Wildman–Crippen MR) is 108 cm³/mol. The number of ether oxygens (including phenoxy) is 1. The van der Waals surface area contributed by atoms with Crippen LogP contribution in [0, 0.1) is 5.82 Å². The van der Waals surface area contributed by atoms with Crippen molar-refractivity contribution < 1.29 is 31.9 Å². The number of rotatable bonds is 6. The van der Waals surface area contributed by atoms with Crippen molar-refractivity contribution >= 4 is 29.1 Å². The van der Waals surface area contributed by atoms with Crippen molar-refractivity contribution in [1.82, 2.24) is 15.6 Å². The second-order valence-corrected chi connectivity index (χ2v) is 7.52. The van der Waals surface area contributed by atoms with E-state index >= 15 is 0 Å². The molecule has 1 aliphatic rings. The maximum atomic E-state index is 13.4. The molecule has 1 aliphatic heterocycles. The topological polar surface area (TPSA) is 92.3 Å². The summed E-state index contributed by atoms with van der Waals surface area (Å²) in [7, 11) is 0. The van der Waals surface area contributed by atoms with E-state index in [2.05, 4.69) is 20.9 Å². The summed E-state index contributed by atoms with van der Waals surface area (Å²) in [5.74, 6) is -1.43. The third-order valence-corrected chi connectivity index (χ3v) is 5.00. The minimum absolute atomic E-state index is 0.0574. The Morgan fingerprint density at radius 1 is 1.22 bits per heavy atom. The molecule has 0 saturated carbocycles. The number of nitrogens with one attached hydrogen (secondary N) is 3. The lowest BCUT2D eigenvalue weighted by Crippen LogP contribution is -2.53. The van der Waals surface area contributed by atoms with E-state index in [1.165, 1.54) is 12.1 Å². The number of alkyl halides is 3. The summed E-state index contributed by atoms with van der Waals surface area (Å²) >= 11 is 5.58. The zero-order valence-electron chi connectivity index (χ0n) is 16.5. The molecule has 2 atom stereocenters. The van der Waals surface area contributed by atoms with Gasteiger partial charge in [-0.05, 0) is 31.0 Å². The first-order valence-corrected chi connectivity index (χ1v) is 9.93. The van der Waals surface area contributed by atoms with Crippen LogP contribution in [0.2, 0.25) is 5.02 Å². The van der Waals surface area contributed by atoms with Crippen LogP contribution in [-0.2, 0) is 15.8 Å². The number of carbonyl (C=O) groups excluding carboxylic acids is 2. The SMILES string of the molecule is O=C(COc1ccc(Cl)c(F)c1)NC1CCC(C(=O)Nc2cncc(C(F)(F)F)c2)NC1. The summed E-state index contributed by atoms with van der Waals surface area (Å²) in [4.78, 5) is 27.9. The van der Waals surface area contributed by atoms with Crippen molar-refractivity contribution in [2.24, 2.45) is 0 Å². The normalized spacial score (nSPS) is 18.7. The Kier molecular flexibility index (Phi) is 7.52. The number of anilines is 1. The molecule has 1 saturated heterocycles. The number of piperidine rings is 1. The van der Waals surface area contributed by atoms with Gasteiger partial charge in [-0.25, -0.2) is 4.39 Å². The highest BCUT2D eigenvalue weighted by Gasteiger charge is 2.32. The summed E-state index contributed by atoms with van der Waals surface area (Å²) in [6, 6.07) is 3.72. The van der Waals surface area contributed by atoms with E-state index in [9.17, 15) is 27.2 Å². The van der Waals surface area contributed by atoms with Crippen LogP contribution < -0.4 is 20.7 Å². The standard InChI is InChI=1S/C20H19ClF4N4O3/c21-15-3-2-14(6-16(15)22)32-10-18(30)28-12-1-4-17(27-9-12)19(31)29-13-5-11(7-26-8-13)20(23,24)25/h2-3,5-8,12,17,27H,1,4,9-10H2,(H,28,30)(H,29,31). The van der Waals surface area contributed by atoms with Crippen molar-refractivity contribution in [1.29, 1.82) is 0 Å². The summed E-state index contributed by atoms with van der Waals surface area (Å²) < 4.78 is 56.9. The van der Waals surface area contributed by atoms with Gasteiger partial charge in [0, 0.05) is 24.8 Å². The molecule has 2 aromatic rings. The van der Waals surface area contributed by atoms with Crippen LogP contribution in [0.15, 0.2) is 36.7 Å². The lowest BCUT2D eigenvalue weighted by Gasteiger charge is -2.29. The third-order valence-electron chi connectivity index (χ3n) is 4.69. The monoisotopic (exact) mass is 474 g/mol. The highest BCUT2D eigenvalue weighted by molar-refractivity contribution is 6.30. The molecule has 2 unspecified atom stereocenters. The molecule has 172 valence electrons. The predicted octanol–water partition coefficient (Wildman–Crippen LogP) is 3.15. The van der Waals surface area contributed by atoms with E-state index in [1.807, 2.05) is 0 Å². The first-order valence-electron chi connectivity index (χ1n) is 9.55. The largest absolute Gasteiger partial charge is 0.484 e. The van der Waals surface area contributed by atoms with Crippen LogP contribution in [0.4, 0.5) is 23.2 Å². The number of benzene rings is 1. The third kappa shape index (κ3) is 6.54. The molecule has 32 heavy (non-hydrogen) atoms. The number of hydrogen-bond donors (Lipinski definition) is 3. The number of carbonyl (C=O) groups is 2. The van der Waals surface area contributed by atoms with Gasteiger partial charge in [0.05, 0.1) is 28.5 Å². The molecule has 1 aromatic heterocycles. The van der Waals surface area contributed by atoms with Gasteiger partial charge in [-0.2, -0.15) is 13.2 Å². The molecule has 3 rings (SSSR count). The number of amides is 2. The molecule has 7 nitrogen and oxygen atoms in total. The Bertz CT molecular complexity index is 982. The molecule has 12 heteroatoms. The van der Waals surface area contributed by atoms with E-state index in [0.29, 0.717) is 19.0 Å². The highest BCUT2D eigenvalue weighted by atomic mass is 35.5. The molecule has 2 heterocycles. The average molecular weight is 475 g/mol. The molecule has 0 aliphatic carbocycles. The van der Waals surface area contributed by atoms with E-state index in [0.717, 1.165) is 18.3 Å². The first-order chi connectivity index (χ1) is 15.1. The van der Waals surface area contributed by atoms with Crippen molar-refractivity contribution in [3.8, 4) is 5.75 Å². The van der Waals surface area contributed by atoms with E-state index in [-0.39, 0.29) is 35.7 Å². The zero-order valence-corrected chi connectivity index (χ0v) is 17.3. The summed E-state index contributed by atoms with van der Waals surface area (Å²) in [5, 5.41) is 8.05. The fourth-order valence-electron chi connectivity index (χ4n) is 3.08. The molecule has 0 radical (unpaired) electrons. The number of hydrogen-bond acceptors (Lipinski definition) is 5. The fraction of sp³-hybridized carbons (Fsp3) is 0.350. The minimum Gasteiger partial charge on any atom is -0.484 e. The maximum Gasteiger partial charge on any atom is 0.417 e. The number of halogens is 5. The van der Waals surface area contributed by atoms with Gasteiger partial charge in [0.2, 0.25) is 5.91 Å². The summed E-state index contributed by atoms with van der Waals surface area (Å²) in [5.41, 5.74) is -1.02. The Hall–Kier alpha value is -2.92. The molecule has 0 bridgehead atoms. The molecule has 1 aromatic carbocycles. The summed E-state index contributed by atoms with van der Waals surface area (Å²) in [6.07, 6.45) is -1.94. The average Bonchev–Trinajstić information content (AvgIpc) is 2.74. The Labute approximate surface area is 185 Å². The molecule has 0 spiro atoms. The van der Waals surface area contributed by atoms with Gasteiger partial charge in [0.1, 0.15) is 11.6 Å². The van der Waals surface area contributed by atoms with Gasteiger partial charge in [-0.3, -0.25) is 14.6 Å². The molecule has 3 N–H and O–H groups in total. The second-order valence-electron chi connectivity index (χ2n) is 7.12. The molecule has 2 amide bonds. The fourth-order valence-corrected chi connectivity index (χ4v) is 3.20. The van der Waals surface area contributed by atoms with Crippen LogP contribution in [0.3, 0.4) is 0 Å². The van der Waals surface area contributed by atoms with Crippen molar-refractivity contribution in [3.63, 3.8) is 0 Å². The van der Waals surface area contributed by atoms with Gasteiger partial charge in [-0.1, -0.05) is 11.6 Å². The smallest absolute Gasteiger partial charge is 0.417 e. The Morgan fingerprint density at radius 3 is 2.66 bits per heavy atom. The van der Waals surface area contributed by atoms with Gasteiger partial charge < -0.3 is 20.7 Å². The zero-order chi connectivity index (χ0) is 23.3. The Morgan fingerprint density at radius 2 is 2.00 bits per heavy atom. The summed E-state index contributed by atoms with van der Waals surface area (Å²) in [6.45, 7) is -0.0513. The van der Waals surface area contributed by atoms with Crippen molar-refractivity contribution in [2.75, 3.05) is 18.5 Å². The van der Waals surface area contributed by atoms with Crippen LogP contribution in [0.1, 0.15) is 18.4 Å². The van der Waals surface area contributed by atoms with Crippen molar-refractivity contribution in [2.45, 2.75) is 31.1 Å². The molecular formula is C20H19ClF4N4O3. The van der Waals surface area contributed by atoms with Crippen LogP contribution in [-0.4, -0.2) is 42.0 Å². The van der Waals surface area contributed by atoms with Gasteiger partial charge in [0.25, 0.3) is 5.91 Å². The number of aromatic nitrogens is 1. The quantitative estimate of drug-likeness (QED) is 0.559. The molecule has 1 fully saturated rings. The van der Waals surface area contributed by atoms with Crippen molar-refractivity contribution in [3.05, 3.63) is 53.1 Å². The number of pyridine rings is 1. The lowest BCUT2D eigenvalue weighted by atomic mass is 10.00. The van der Waals surface area contributed by atoms with Gasteiger partial charge >= 0.3 is 6.18 Å². The number of nitrogens with zero attached hydrogens (tertiary/aromatic N) is 1. The molecular weight excluding hydrogens is 456 g/mol. The van der Waals surface area contributed by atoms with Gasteiger partial charge in [-0.15, -0.1) is 0 Å². The van der Waals surface area contributed by atoms with E-state index < -0.39 is 35.4 Å². The van der Waals surface area contributed by atoms with E-state index in [4.69, 9.17) is 16.3 Å². The van der Waals surface area contributed by atoms with Crippen LogP contribution in [0.5, 0.6) is 5.75 Å².